The molecule has 0 spiro atoms. The first-order valence-electron chi connectivity index (χ1n) is 11.6. The number of aldehydes is 1. The number of amides is 2. The minimum absolute atomic E-state index is 0.142. The second kappa shape index (κ2) is 10.3. The van der Waals surface area contributed by atoms with Crippen molar-refractivity contribution in [2.24, 2.45) is 0 Å². The molecular weight excluding hydrogens is 432 g/mol. The van der Waals surface area contributed by atoms with Crippen LogP contribution >= 0.6 is 11.3 Å². The highest BCUT2D eigenvalue weighted by atomic mass is 32.1. The topological polar surface area (TPSA) is 75.3 Å². The summed E-state index contributed by atoms with van der Waals surface area (Å²) in [4.78, 5) is 38.3. The smallest absolute Gasteiger partial charge is 0.262 e. The van der Waals surface area contributed by atoms with Crippen LogP contribution in [0.5, 0.6) is 0 Å². The van der Waals surface area contributed by atoms with Crippen LogP contribution < -0.4 is 10.6 Å². The lowest BCUT2D eigenvalue weighted by Crippen LogP contribution is -2.59. The third kappa shape index (κ3) is 5.50. The van der Waals surface area contributed by atoms with Gasteiger partial charge in [0.25, 0.3) is 5.91 Å². The van der Waals surface area contributed by atoms with E-state index in [4.69, 9.17) is 0 Å². The van der Waals surface area contributed by atoms with Gasteiger partial charge in [-0.25, -0.2) is 0 Å². The van der Waals surface area contributed by atoms with E-state index < -0.39 is 5.54 Å². The van der Waals surface area contributed by atoms with Gasteiger partial charge in [0.15, 0.2) is 0 Å². The Kier molecular flexibility index (Phi) is 7.23. The first kappa shape index (κ1) is 23.2. The van der Waals surface area contributed by atoms with E-state index in [1.165, 1.54) is 11.3 Å². The Labute approximate surface area is 198 Å². The molecule has 3 aromatic rings. The van der Waals surface area contributed by atoms with E-state index in [-0.39, 0.29) is 17.9 Å². The van der Waals surface area contributed by atoms with Crippen LogP contribution in [-0.4, -0.2) is 29.7 Å². The number of carbonyl (C=O) groups is 3. The summed E-state index contributed by atoms with van der Waals surface area (Å²) in [6.07, 6.45) is 5.55. The molecule has 2 aromatic carbocycles. The standard InChI is InChI=1S/C27H30N2O3S/c1-19-11-12-21-18-24(33-23(21)16-19)25(31)29-27(13-5-6-14-27)26(32)28-22(10-7-15-30)17-20-8-3-2-4-9-20/h2-4,8-9,11-12,15-16,18,22H,5-7,10,13-14,17H2,1H3,(H,28,32)(H,29,31)/t22-/m0/s1. The summed E-state index contributed by atoms with van der Waals surface area (Å²) in [5.74, 6) is -0.337. The van der Waals surface area contributed by atoms with Gasteiger partial charge in [-0.1, -0.05) is 55.3 Å². The summed E-state index contributed by atoms with van der Waals surface area (Å²) in [7, 11) is 0. The minimum Gasteiger partial charge on any atom is -0.351 e. The van der Waals surface area contributed by atoms with Gasteiger partial charge in [-0.15, -0.1) is 11.3 Å². The summed E-state index contributed by atoms with van der Waals surface area (Å²) in [6.45, 7) is 2.03. The highest BCUT2D eigenvalue weighted by Gasteiger charge is 2.43. The molecule has 1 saturated carbocycles. The predicted molar refractivity (Wildman–Crippen MR) is 133 cm³/mol. The zero-order valence-corrected chi connectivity index (χ0v) is 19.8. The molecule has 1 aliphatic rings. The molecule has 1 fully saturated rings. The van der Waals surface area contributed by atoms with Crippen LogP contribution in [0.3, 0.4) is 0 Å². The molecular formula is C27H30N2O3S. The number of hydrogen-bond acceptors (Lipinski definition) is 4. The number of rotatable bonds is 9. The fraction of sp³-hybridized carbons (Fsp3) is 0.370. The van der Waals surface area contributed by atoms with Gasteiger partial charge in [0.2, 0.25) is 5.91 Å². The van der Waals surface area contributed by atoms with Crippen LogP contribution in [0.25, 0.3) is 10.1 Å². The first-order valence-corrected chi connectivity index (χ1v) is 12.4. The minimum atomic E-state index is -0.903. The maximum atomic E-state index is 13.5. The lowest BCUT2D eigenvalue weighted by Gasteiger charge is -2.31. The van der Waals surface area contributed by atoms with E-state index in [0.29, 0.717) is 37.0 Å². The average molecular weight is 463 g/mol. The molecule has 0 bridgehead atoms. The summed E-state index contributed by atoms with van der Waals surface area (Å²) in [5.41, 5.74) is 1.36. The number of fused-ring (bicyclic) bond motifs is 1. The van der Waals surface area contributed by atoms with Crippen LogP contribution in [0.15, 0.2) is 54.6 Å². The zero-order chi connectivity index (χ0) is 23.3. The molecule has 5 nitrogen and oxygen atoms in total. The van der Waals surface area contributed by atoms with Crippen molar-refractivity contribution in [1.82, 2.24) is 10.6 Å². The molecule has 4 rings (SSSR count). The van der Waals surface area contributed by atoms with Crippen molar-refractivity contribution in [3.63, 3.8) is 0 Å². The highest BCUT2D eigenvalue weighted by molar-refractivity contribution is 7.20. The van der Waals surface area contributed by atoms with Crippen molar-refractivity contribution in [2.75, 3.05) is 0 Å². The Morgan fingerprint density at radius 1 is 1.09 bits per heavy atom. The van der Waals surface area contributed by atoms with Gasteiger partial charge >= 0.3 is 0 Å². The van der Waals surface area contributed by atoms with Crippen LogP contribution in [-0.2, 0) is 16.0 Å². The van der Waals surface area contributed by atoms with E-state index in [0.717, 1.165) is 40.3 Å². The molecule has 1 aromatic heterocycles. The van der Waals surface area contributed by atoms with E-state index in [2.05, 4.69) is 16.7 Å². The van der Waals surface area contributed by atoms with E-state index in [1.54, 1.807) is 0 Å². The summed E-state index contributed by atoms with van der Waals surface area (Å²) in [6, 6.07) is 17.8. The van der Waals surface area contributed by atoms with Gasteiger partial charge in [0.1, 0.15) is 11.8 Å². The Hall–Kier alpha value is -2.99. The molecule has 6 heteroatoms. The average Bonchev–Trinajstić information content (AvgIpc) is 3.45. The molecule has 2 N–H and O–H groups in total. The number of nitrogens with one attached hydrogen (secondary N) is 2. The van der Waals surface area contributed by atoms with Gasteiger partial charge in [0.05, 0.1) is 4.88 Å². The van der Waals surface area contributed by atoms with E-state index in [1.807, 2.05) is 55.5 Å². The number of carbonyl (C=O) groups excluding carboxylic acids is 3. The number of aryl methyl sites for hydroxylation is 1. The van der Waals surface area contributed by atoms with Crippen LogP contribution in [0, 0.1) is 6.92 Å². The third-order valence-electron chi connectivity index (χ3n) is 6.44. The lowest BCUT2D eigenvalue weighted by molar-refractivity contribution is -0.128. The van der Waals surface area contributed by atoms with Crippen molar-refractivity contribution < 1.29 is 14.4 Å². The SMILES string of the molecule is Cc1ccc2cc(C(=O)NC3(C(=O)N[C@@H](CCC=O)Cc4ccccc4)CCCC3)sc2c1. The van der Waals surface area contributed by atoms with Crippen LogP contribution in [0.2, 0.25) is 0 Å². The monoisotopic (exact) mass is 462 g/mol. The van der Waals surface area contributed by atoms with Gasteiger partial charge in [-0.05, 0) is 61.3 Å². The largest absolute Gasteiger partial charge is 0.351 e. The summed E-state index contributed by atoms with van der Waals surface area (Å²) >= 11 is 1.46. The molecule has 2 amide bonds. The Bertz CT molecular complexity index is 1130. The highest BCUT2D eigenvalue weighted by Crippen LogP contribution is 2.32. The molecule has 0 radical (unpaired) electrons. The molecule has 33 heavy (non-hydrogen) atoms. The molecule has 0 saturated heterocycles. The Balaban J connectivity index is 1.50. The summed E-state index contributed by atoms with van der Waals surface area (Å²) in [5, 5.41) is 7.30. The summed E-state index contributed by atoms with van der Waals surface area (Å²) < 4.78 is 1.07. The molecule has 0 unspecified atom stereocenters. The quantitative estimate of drug-likeness (QED) is 0.442. The van der Waals surface area contributed by atoms with Crippen molar-refractivity contribution in [3.8, 4) is 0 Å². The Morgan fingerprint density at radius 3 is 2.58 bits per heavy atom. The van der Waals surface area contributed by atoms with E-state index in [9.17, 15) is 14.4 Å². The molecule has 1 aliphatic carbocycles. The predicted octanol–water partition coefficient (Wildman–Crippen LogP) is 4.96. The lowest BCUT2D eigenvalue weighted by atomic mass is 9.94. The second-order valence-corrected chi connectivity index (χ2v) is 10.1. The van der Waals surface area contributed by atoms with Crippen LogP contribution in [0.4, 0.5) is 0 Å². The van der Waals surface area contributed by atoms with Crippen molar-refractivity contribution >= 4 is 39.5 Å². The maximum Gasteiger partial charge on any atom is 0.262 e. The van der Waals surface area contributed by atoms with Gasteiger partial charge in [0, 0.05) is 17.2 Å². The Morgan fingerprint density at radius 2 is 1.85 bits per heavy atom. The number of thiophene rings is 1. The number of benzene rings is 2. The molecule has 172 valence electrons. The fourth-order valence-corrected chi connectivity index (χ4v) is 5.69. The third-order valence-corrected chi connectivity index (χ3v) is 7.53. The van der Waals surface area contributed by atoms with Gasteiger partial charge in [-0.3, -0.25) is 9.59 Å². The molecule has 1 atom stereocenters. The molecule has 0 aliphatic heterocycles. The van der Waals surface area contributed by atoms with Crippen molar-refractivity contribution in [2.45, 2.75) is 63.5 Å². The normalized spacial score (nSPS) is 15.8. The van der Waals surface area contributed by atoms with Crippen molar-refractivity contribution in [3.05, 3.63) is 70.6 Å². The van der Waals surface area contributed by atoms with E-state index >= 15 is 0 Å². The number of hydrogen-bond donors (Lipinski definition) is 2. The van der Waals surface area contributed by atoms with Gasteiger partial charge in [-0.2, -0.15) is 0 Å². The van der Waals surface area contributed by atoms with Crippen molar-refractivity contribution in [1.29, 1.82) is 0 Å². The molecule has 1 heterocycles. The van der Waals surface area contributed by atoms with Gasteiger partial charge < -0.3 is 15.4 Å². The zero-order valence-electron chi connectivity index (χ0n) is 18.9. The first-order chi connectivity index (χ1) is 16.0. The van der Waals surface area contributed by atoms with Crippen LogP contribution in [0.1, 0.15) is 59.3 Å². The second-order valence-electron chi connectivity index (χ2n) is 9.00. The maximum absolute atomic E-state index is 13.5. The fourth-order valence-electron chi connectivity index (χ4n) is 4.63.